The molecule has 1 saturated carbocycles. The Morgan fingerprint density at radius 2 is 1.75 bits per heavy atom. The average Bonchev–Trinajstić information content (AvgIpc) is 2.78. The van der Waals surface area contributed by atoms with Gasteiger partial charge in [-0.1, -0.05) is 6.92 Å². The molecule has 2 heterocycles. The zero-order chi connectivity index (χ0) is 23.0. The maximum Gasteiger partial charge on any atom is 0.382 e. The number of hydrogen-bond donors (Lipinski definition) is 5. The van der Waals surface area contributed by atoms with Crippen LogP contribution >= 0.6 is 0 Å². The molecule has 5 N–H and O–H groups in total. The molecule has 176 valence electrons. The third kappa shape index (κ3) is 4.41. The first-order valence-corrected chi connectivity index (χ1v) is 10.7. The van der Waals surface area contributed by atoms with Crippen molar-refractivity contribution in [2.75, 3.05) is 6.61 Å². The van der Waals surface area contributed by atoms with Crippen molar-refractivity contribution in [3.8, 4) is 17.2 Å². The monoisotopic (exact) mass is 452 g/mol. The number of aliphatic hydroxyl groups is 4. The summed E-state index contributed by atoms with van der Waals surface area (Å²) in [5.41, 5.74) is -0.865. The minimum Gasteiger partial charge on any atom is -0.499 e. The Hall–Kier alpha value is -2.37. The molecule has 2 aromatic rings. The van der Waals surface area contributed by atoms with Crippen molar-refractivity contribution < 1.29 is 44.2 Å². The molecule has 2 aliphatic rings. The number of aliphatic hydroxyl groups excluding tert-OH is 4. The van der Waals surface area contributed by atoms with Gasteiger partial charge in [-0.2, -0.15) is 0 Å². The number of aromatic hydroxyl groups is 1. The second-order valence-electron chi connectivity index (χ2n) is 8.54. The number of fused-ring (bicyclic) bond motifs is 1. The summed E-state index contributed by atoms with van der Waals surface area (Å²) in [6.45, 7) is 1.59. The lowest BCUT2D eigenvalue weighted by atomic mass is 9.89. The van der Waals surface area contributed by atoms with E-state index >= 15 is 0 Å². The predicted octanol–water partition coefficient (Wildman–Crippen LogP) is 0.635. The lowest BCUT2D eigenvalue weighted by molar-refractivity contribution is -0.277. The van der Waals surface area contributed by atoms with Crippen LogP contribution in [0.5, 0.6) is 17.2 Å². The molecular weight excluding hydrogens is 424 g/mol. The summed E-state index contributed by atoms with van der Waals surface area (Å²) in [4.78, 5) is 12.2. The van der Waals surface area contributed by atoms with E-state index in [1.165, 1.54) is 18.2 Å². The quantitative estimate of drug-likeness (QED) is 0.407. The summed E-state index contributed by atoms with van der Waals surface area (Å²) >= 11 is 0. The van der Waals surface area contributed by atoms with E-state index in [1.54, 1.807) is 0 Å². The van der Waals surface area contributed by atoms with Crippen molar-refractivity contribution in [3.63, 3.8) is 0 Å². The molecule has 32 heavy (non-hydrogen) atoms. The number of hydrogen-bond acceptors (Lipinski definition) is 10. The average molecular weight is 452 g/mol. The topological polar surface area (TPSA) is 159 Å². The van der Waals surface area contributed by atoms with Crippen LogP contribution in [-0.2, 0) is 4.74 Å². The summed E-state index contributed by atoms with van der Waals surface area (Å²) in [7, 11) is 0. The predicted molar refractivity (Wildman–Crippen MR) is 111 cm³/mol. The van der Waals surface area contributed by atoms with E-state index in [-0.39, 0.29) is 23.2 Å². The van der Waals surface area contributed by atoms with Crippen molar-refractivity contribution >= 4 is 11.0 Å². The summed E-state index contributed by atoms with van der Waals surface area (Å²) in [6, 6.07) is 4.41. The maximum atomic E-state index is 12.2. The molecule has 0 amide bonds. The van der Waals surface area contributed by atoms with Gasteiger partial charge in [0.2, 0.25) is 12.0 Å². The van der Waals surface area contributed by atoms with E-state index in [1.807, 2.05) is 0 Å². The molecule has 1 aromatic carbocycles. The molecule has 5 atom stereocenters. The van der Waals surface area contributed by atoms with Gasteiger partial charge in [0.05, 0.1) is 18.1 Å². The molecule has 0 radical (unpaired) electrons. The van der Waals surface area contributed by atoms with Crippen molar-refractivity contribution in [3.05, 3.63) is 28.6 Å². The molecule has 0 spiro atoms. The summed E-state index contributed by atoms with van der Waals surface area (Å²) in [5.74, 6) is 0.199. The fourth-order valence-electron chi connectivity index (χ4n) is 4.15. The van der Waals surface area contributed by atoms with Gasteiger partial charge < -0.3 is 44.2 Å². The smallest absolute Gasteiger partial charge is 0.382 e. The molecule has 10 heteroatoms. The largest absolute Gasteiger partial charge is 0.499 e. The number of benzene rings is 1. The second kappa shape index (κ2) is 9.24. The highest BCUT2D eigenvalue weighted by Gasteiger charge is 2.44. The molecule has 0 bridgehead atoms. The third-order valence-electron chi connectivity index (χ3n) is 6.16. The van der Waals surface area contributed by atoms with E-state index in [4.69, 9.17) is 18.6 Å². The highest BCUT2D eigenvalue weighted by Crippen LogP contribution is 2.37. The minimum atomic E-state index is -1.58. The van der Waals surface area contributed by atoms with Crippen LogP contribution in [0.15, 0.2) is 27.4 Å². The highest BCUT2D eigenvalue weighted by atomic mass is 16.7. The van der Waals surface area contributed by atoms with Gasteiger partial charge in [-0.15, -0.1) is 0 Å². The first kappa shape index (κ1) is 22.8. The SMILES string of the molecule is CC1CCC(Oc2c(O)c(=O)oc3cc(O[C@H]4O[C@H](CO)[C@@H](O)[C@H](O)[C@@H]4O)ccc23)CC1. The van der Waals surface area contributed by atoms with Crippen LogP contribution in [0.2, 0.25) is 0 Å². The number of rotatable bonds is 5. The van der Waals surface area contributed by atoms with E-state index in [0.29, 0.717) is 11.3 Å². The lowest BCUT2D eigenvalue weighted by Crippen LogP contribution is -2.60. The van der Waals surface area contributed by atoms with Crippen LogP contribution in [0.4, 0.5) is 0 Å². The Morgan fingerprint density at radius 3 is 2.44 bits per heavy atom. The van der Waals surface area contributed by atoms with Crippen LogP contribution in [0.25, 0.3) is 11.0 Å². The highest BCUT2D eigenvalue weighted by molar-refractivity contribution is 5.86. The number of ether oxygens (including phenoxy) is 3. The molecule has 1 saturated heterocycles. The van der Waals surface area contributed by atoms with Gasteiger partial charge in [-0.05, 0) is 43.7 Å². The van der Waals surface area contributed by atoms with Gasteiger partial charge >= 0.3 is 5.63 Å². The van der Waals surface area contributed by atoms with Crippen molar-refractivity contribution in [1.29, 1.82) is 0 Å². The van der Waals surface area contributed by atoms with Gasteiger partial charge in [-0.25, -0.2) is 4.79 Å². The zero-order valence-corrected chi connectivity index (χ0v) is 17.6. The van der Waals surface area contributed by atoms with Crippen molar-refractivity contribution in [2.45, 2.75) is 69.4 Å². The molecule has 2 fully saturated rings. The van der Waals surface area contributed by atoms with Gasteiger partial charge in [0.25, 0.3) is 0 Å². The van der Waals surface area contributed by atoms with Crippen LogP contribution in [0.1, 0.15) is 32.6 Å². The first-order valence-electron chi connectivity index (χ1n) is 10.7. The van der Waals surface area contributed by atoms with E-state index < -0.39 is 48.7 Å². The standard InChI is InChI=1S/C22H28O10/c1-10-2-4-11(5-3-10)29-20-13-7-6-12(8-14(13)31-21(28)19(20)27)30-22-18(26)17(25)16(24)15(9-23)32-22/h6-8,10-11,15-18,22-27H,2-5,9H2,1H3/t10?,11?,15-,16-,17+,18+,22+/m1/s1. The Morgan fingerprint density at radius 1 is 1.03 bits per heavy atom. The molecule has 4 rings (SSSR count). The second-order valence-corrected chi connectivity index (χ2v) is 8.54. The summed E-state index contributed by atoms with van der Waals surface area (Å²) < 4.78 is 22.1. The minimum absolute atomic E-state index is 0.0511. The van der Waals surface area contributed by atoms with Crippen molar-refractivity contribution in [1.82, 2.24) is 0 Å². The molecule has 1 aliphatic carbocycles. The Balaban J connectivity index is 1.59. The van der Waals surface area contributed by atoms with Crippen molar-refractivity contribution in [2.24, 2.45) is 5.92 Å². The van der Waals surface area contributed by atoms with Gasteiger partial charge in [0.15, 0.2) is 5.75 Å². The van der Waals surface area contributed by atoms with E-state index in [9.17, 15) is 30.3 Å². The Labute approximate surface area is 183 Å². The first-order chi connectivity index (χ1) is 15.3. The molecule has 10 nitrogen and oxygen atoms in total. The molecule has 1 aliphatic heterocycles. The normalized spacial score (nSPS) is 33.2. The molecular formula is C22H28O10. The van der Waals surface area contributed by atoms with Gasteiger partial charge in [0, 0.05) is 6.07 Å². The Kier molecular flexibility index (Phi) is 6.59. The molecule has 0 unspecified atom stereocenters. The van der Waals surface area contributed by atoms with E-state index in [2.05, 4.69) is 6.92 Å². The summed E-state index contributed by atoms with van der Waals surface area (Å²) in [5, 5.41) is 49.9. The fourth-order valence-corrected chi connectivity index (χ4v) is 4.15. The fraction of sp³-hybridized carbons (Fsp3) is 0.591. The van der Waals surface area contributed by atoms with Crippen LogP contribution in [-0.4, -0.2) is 68.9 Å². The van der Waals surface area contributed by atoms with Crippen LogP contribution in [0, 0.1) is 5.92 Å². The molecule has 1 aromatic heterocycles. The zero-order valence-electron chi connectivity index (χ0n) is 17.6. The summed E-state index contributed by atoms with van der Waals surface area (Å²) in [6.07, 6.45) is -3.64. The van der Waals surface area contributed by atoms with Gasteiger partial charge in [0.1, 0.15) is 35.7 Å². The van der Waals surface area contributed by atoms with Crippen LogP contribution in [0.3, 0.4) is 0 Å². The van der Waals surface area contributed by atoms with E-state index in [0.717, 1.165) is 25.7 Å². The third-order valence-corrected chi connectivity index (χ3v) is 6.16. The Bertz CT molecular complexity index is 994. The van der Waals surface area contributed by atoms with Crippen LogP contribution < -0.4 is 15.1 Å². The maximum absolute atomic E-state index is 12.2. The van der Waals surface area contributed by atoms with Gasteiger partial charge in [-0.3, -0.25) is 0 Å². The lowest BCUT2D eigenvalue weighted by Gasteiger charge is -2.39.